The molecular weight excluding hydrogens is 368 g/mol. The minimum absolute atomic E-state index is 0.0666. The lowest BCUT2D eigenvalue weighted by atomic mass is 9.59. The molecule has 156 valence electrons. The van der Waals surface area contributed by atoms with E-state index in [0.29, 0.717) is 35.3 Å². The fourth-order valence-electron chi connectivity index (χ4n) is 6.04. The molecule has 2 heterocycles. The van der Waals surface area contributed by atoms with Gasteiger partial charge in [-0.25, -0.2) is 0 Å². The predicted molar refractivity (Wildman–Crippen MR) is 108 cm³/mol. The maximum atomic E-state index is 13.3. The van der Waals surface area contributed by atoms with Crippen LogP contribution in [0, 0.1) is 23.7 Å². The Morgan fingerprint density at radius 3 is 2.90 bits per heavy atom. The molecule has 1 spiro atoms. The number of likely N-dealkylation sites (tertiary alicyclic amines) is 1. The van der Waals surface area contributed by atoms with Crippen LogP contribution < -0.4 is 14.8 Å². The minimum Gasteiger partial charge on any atom is -0.497 e. The molecule has 5 atom stereocenters. The van der Waals surface area contributed by atoms with E-state index in [1.54, 1.807) is 25.3 Å². The molecule has 6 heteroatoms. The number of benzene rings is 1. The third kappa shape index (κ3) is 3.08. The van der Waals surface area contributed by atoms with Crippen LogP contribution >= 0.6 is 0 Å². The molecule has 2 amide bonds. The van der Waals surface area contributed by atoms with Gasteiger partial charge in [0.05, 0.1) is 12.7 Å². The number of rotatable bonds is 2. The highest BCUT2D eigenvalue weighted by atomic mass is 16.5. The zero-order valence-corrected chi connectivity index (χ0v) is 17.3. The molecule has 29 heavy (non-hydrogen) atoms. The summed E-state index contributed by atoms with van der Waals surface area (Å²) in [4.78, 5) is 28.2. The fourth-order valence-corrected chi connectivity index (χ4v) is 6.04. The van der Waals surface area contributed by atoms with Crippen LogP contribution in [-0.4, -0.2) is 42.6 Å². The van der Waals surface area contributed by atoms with Crippen molar-refractivity contribution in [1.82, 2.24) is 10.2 Å². The van der Waals surface area contributed by atoms with Gasteiger partial charge in [0, 0.05) is 37.4 Å². The van der Waals surface area contributed by atoms with E-state index < -0.39 is 5.72 Å². The van der Waals surface area contributed by atoms with Crippen LogP contribution in [0.15, 0.2) is 18.2 Å². The van der Waals surface area contributed by atoms with Crippen molar-refractivity contribution in [2.75, 3.05) is 20.2 Å². The molecule has 2 aliphatic heterocycles. The first-order valence-corrected chi connectivity index (χ1v) is 11.0. The summed E-state index contributed by atoms with van der Waals surface area (Å²) in [6.07, 6.45) is 5.86. The Morgan fingerprint density at radius 2 is 2.17 bits per heavy atom. The van der Waals surface area contributed by atoms with Gasteiger partial charge in [-0.1, -0.05) is 6.92 Å². The Kier molecular flexibility index (Phi) is 4.48. The quantitative estimate of drug-likeness (QED) is 0.831. The average Bonchev–Trinajstić information content (AvgIpc) is 2.73. The second kappa shape index (κ2) is 6.92. The van der Waals surface area contributed by atoms with Gasteiger partial charge in [-0.05, 0) is 56.1 Å². The molecule has 0 aromatic heterocycles. The molecule has 1 saturated heterocycles. The topological polar surface area (TPSA) is 67.9 Å². The molecule has 4 fully saturated rings. The van der Waals surface area contributed by atoms with E-state index in [4.69, 9.17) is 9.47 Å². The standard InChI is InChI=1S/C23H30N2O4/c1-14-4-3-9-25(13-14)22(27)19-10-16-6-5-15(19)12-23(16)24-21(26)18-8-7-17(28-2)11-20(18)29-23/h7-8,11,14-16,19H,3-6,9-10,12-13H2,1-2H3,(H,24,26)/t14-,15+,16-,19-,23-/m0/s1. The van der Waals surface area contributed by atoms with E-state index in [-0.39, 0.29) is 23.7 Å². The summed E-state index contributed by atoms with van der Waals surface area (Å²) in [7, 11) is 1.61. The molecule has 3 saturated carbocycles. The van der Waals surface area contributed by atoms with E-state index >= 15 is 0 Å². The van der Waals surface area contributed by atoms with Gasteiger partial charge in [0.25, 0.3) is 5.91 Å². The number of fused-ring (bicyclic) bond motifs is 3. The molecule has 1 N–H and O–H groups in total. The monoisotopic (exact) mass is 398 g/mol. The molecule has 5 aliphatic rings. The number of amides is 2. The first kappa shape index (κ1) is 18.8. The van der Waals surface area contributed by atoms with Gasteiger partial charge in [-0.3, -0.25) is 9.59 Å². The maximum Gasteiger partial charge on any atom is 0.258 e. The highest BCUT2D eigenvalue weighted by Gasteiger charge is 2.57. The summed E-state index contributed by atoms with van der Waals surface area (Å²) in [5.74, 6) is 2.59. The molecule has 6 rings (SSSR count). The van der Waals surface area contributed by atoms with Crippen molar-refractivity contribution in [1.29, 1.82) is 0 Å². The third-order valence-electron chi connectivity index (χ3n) is 7.55. The van der Waals surface area contributed by atoms with E-state index in [0.717, 1.165) is 38.8 Å². The van der Waals surface area contributed by atoms with Crippen LogP contribution in [0.25, 0.3) is 0 Å². The smallest absolute Gasteiger partial charge is 0.258 e. The number of hydrogen-bond acceptors (Lipinski definition) is 4. The molecule has 0 radical (unpaired) electrons. The van der Waals surface area contributed by atoms with Crippen molar-refractivity contribution in [3.63, 3.8) is 0 Å². The lowest BCUT2D eigenvalue weighted by molar-refractivity contribution is -0.156. The number of ether oxygens (including phenoxy) is 2. The van der Waals surface area contributed by atoms with E-state index in [2.05, 4.69) is 17.1 Å². The predicted octanol–water partition coefficient (Wildman–Crippen LogP) is 3.21. The van der Waals surface area contributed by atoms with Crippen LogP contribution in [0.5, 0.6) is 11.5 Å². The molecule has 6 nitrogen and oxygen atoms in total. The number of carbonyl (C=O) groups excluding carboxylic acids is 2. The first-order valence-electron chi connectivity index (χ1n) is 11.0. The van der Waals surface area contributed by atoms with Crippen LogP contribution in [-0.2, 0) is 4.79 Å². The molecule has 1 aromatic rings. The summed E-state index contributed by atoms with van der Waals surface area (Å²) in [6, 6.07) is 5.33. The van der Waals surface area contributed by atoms with Crippen LogP contribution in [0.4, 0.5) is 0 Å². The number of nitrogens with zero attached hydrogens (tertiary/aromatic N) is 1. The summed E-state index contributed by atoms with van der Waals surface area (Å²) >= 11 is 0. The number of piperidine rings is 1. The highest BCUT2D eigenvalue weighted by molar-refractivity contribution is 5.98. The number of nitrogens with one attached hydrogen (secondary N) is 1. The molecular formula is C23H30N2O4. The van der Waals surface area contributed by atoms with Gasteiger partial charge in [0.2, 0.25) is 5.91 Å². The Hall–Kier alpha value is -2.24. The minimum atomic E-state index is -0.689. The molecule has 0 unspecified atom stereocenters. The summed E-state index contributed by atoms with van der Waals surface area (Å²) in [6.45, 7) is 4.01. The molecule has 2 bridgehead atoms. The van der Waals surface area contributed by atoms with Gasteiger partial charge < -0.3 is 19.7 Å². The summed E-state index contributed by atoms with van der Waals surface area (Å²) < 4.78 is 11.8. The van der Waals surface area contributed by atoms with Gasteiger partial charge in [-0.15, -0.1) is 0 Å². The van der Waals surface area contributed by atoms with Crippen molar-refractivity contribution in [3.8, 4) is 11.5 Å². The Morgan fingerprint density at radius 1 is 1.31 bits per heavy atom. The van der Waals surface area contributed by atoms with Crippen molar-refractivity contribution in [2.24, 2.45) is 23.7 Å². The van der Waals surface area contributed by atoms with Crippen LogP contribution in [0.3, 0.4) is 0 Å². The lowest BCUT2D eigenvalue weighted by Crippen LogP contribution is -2.67. The second-order valence-electron chi connectivity index (χ2n) is 9.42. The largest absolute Gasteiger partial charge is 0.497 e. The van der Waals surface area contributed by atoms with Crippen molar-refractivity contribution >= 4 is 11.8 Å². The van der Waals surface area contributed by atoms with E-state index in [1.165, 1.54) is 6.42 Å². The average molecular weight is 399 g/mol. The Balaban J connectivity index is 1.37. The number of hydrogen-bond donors (Lipinski definition) is 1. The SMILES string of the molecule is COc1ccc2c(c1)O[C@]1(C[C@H]3CC[C@H]1C[C@@H]3C(=O)N1CCC[C@H](C)C1)NC2=O. The third-order valence-corrected chi connectivity index (χ3v) is 7.55. The van der Waals surface area contributed by atoms with E-state index in [9.17, 15) is 9.59 Å². The van der Waals surface area contributed by atoms with Crippen molar-refractivity contribution < 1.29 is 19.1 Å². The molecule has 1 aromatic carbocycles. The number of carbonyl (C=O) groups is 2. The fraction of sp³-hybridized carbons (Fsp3) is 0.652. The van der Waals surface area contributed by atoms with Gasteiger partial charge in [0.15, 0.2) is 5.72 Å². The number of methoxy groups -OCH3 is 1. The first-order chi connectivity index (χ1) is 14.0. The van der Waals surface area contributed by atoms with Gasteiger partial charge >= 0.3 is 0 Å². The van der Waals surface area contributed by atoms with Crippen molar-refractivity contribution in [3.05, 3.63) is 23.8 Å². The zero-order valence-electron chi connectivity index (χ0n) is 17.3. The van der Waals surface area contributed by atoms with Crippen LogP contribution in [0.2, 0.25) is 0 Å². The van der Waals surface area contributed by atoms with E-state index in [1.807, 2.05) is 0 Å². The summed E-state index contributed by atoms with van der Waals surface area (Å²) in [5.41, 5.74) is -0.140. The highest BCUT2D eigenvalue weighted by Crippen LogP contribution is 2.53. The summed E-state index contributed by atoms with van der Waals surface area (Å²) in [5, 5.41) is 3.18. The maximum absolute atomic E-state index is 13.3. The Labute approximate surface area is 171 Å². The Bertz CT molecular complexity index is 840. The van der Waals surface area contributed by atoms with Gasteiger partial charge in [0.1, 0.15) is 11.5 Å². The van der Waals surface area contributed by atoms with Crippen LogP contribution in [0.1, 0.15) is 55.8 Å². The second-order valence-corrected chi connectivity index (χ2v) is 9.42. The normalized spacial score (nSPS) is 35.7. The zero-order chi connectivity index (χ0) is 20.2. The van der Waals surface area contributed by atoms with Crippen molar-refractivity contribution in [2.45, 2.75) is 51.2 Å². The molecule has 3 aliphatic carbocycles. The van der Waals surface area contributed by atoms with Gasteiger partial charge in [-0.2, -0.15) is 0 Å². The lowest BCUT2D eigenvalue weighted by Gasteiger charge is -2.55.